The Hall–Kier alpha value is -2.28. The smallest absolute Gasteiger partial charge is 0.239 e. The predicted molar refractivity (Wildman–Crippen MR) is 99.4 cm³/mol. The molecule has 144 valence electrons. The minimum atomic E-state index is -0.160. The molecule has 1 aliphatic heterocycles. The van der Waals surface area contributed by atoms with Crippen LogP contribution in [0.3, 0.4) is 0 Å². The molecule has 2 amide bonds. The van der Waals surface area contributed by atoms with Gasteiger partial charge in [-0.05, 0) is 44.0 Å². The van der Waals surface area contributed by atoms with E-state index in [0.29, 0.717) is 6.54 Å². The average molecular weight is 363 g/mol. The van der Waals surface area contributed by atoms with Gasteiger partial charge in [-0.1, -0.05) is 6.92 Å². The van der Waals surface area contributed by atoms with E-state index < -0.39 is 0 Å². The first kappa shape index (κ1) is 20.0. The highest BCUT2D eigenvalue weighted by Crippen LogP contribution is 2.38. The van der Waals surface area contributed by atoms with Crippen LogP contribution in [0.15, 0.2) is 18.2 Å². The first-order valence-electron chi connectivity index (χ1n) is 9.08. The molecule has 0 unspecified atom stereocenters. The van der Waals surface area contributed by atoms with Crippen LogP contribution in [-0.4, -0.2) is 57.1 Å². The van der Waals surface area contributed by atoms with E-state index in [1.807, 2.05) is 25.1 Å². The zero-order valence-electron chi connectivity index (χ0n) is 15.8. The maximum absolute atomic E-state index is 12.2. The average Bonchev–Trinajstić information content (AvgIpc) is 3.11. The second-order valence-corrected chi connectivity index (χ2v) is 6.36. The SMILES string of the molecule is CCCNC(=O)CNC(=O)CN1CCC[C@@H]1c1cc(OC)ccc1OC. The Balaban J connectivity index is 1.97. The summed E-state index contributed by atoms with van der Waals surface area (Å²) in [4.78, 5) is 26.0. The zero-order chi connectivity index (χ0) is 18.9. The van der Waals surface area contributed by atoms with E-state index in [4.69, 9.17) is 9.47 Å². The fourth-order valence-corrected chi connectivity index (χ4v) is 3.21. The predicted octanol–water partition coefficient (Wildman–Crippen LogP) is 1.48. The Morgan fingerprint density at radius 2 is 2.00 bits per heavy atom. The Bertz CT molecular complexity index is 621. The zero-order valence-corrected chi connectivity index (χ0v) is 15.8. The number of benzene rings is 1. The van der Waals surface area contributed by atoms with Crippen molar-refractivity contribution in [1.29, 1.82) is 0 Å². The van der Waals surface area contributed by atoms with Gasteiger partial charge in [0.1, 0.15) is 11.5 Å². The molecule has 2 N–H and O–H groups in total. The molecule has 1 aromatic rings. The van der Waals surface area contributed by atoms with Crippen molar-refractivity contribution in [2.24, 2.45) is 0 Å². The normalized spacial score (nSPS) is 17.0. The van der Waals surface area contributed by atoms with Gasteiger partial charge in [0.15, 0.2) is 0 Å². The first-order valence-corrected chi connectivity index (χ1v) is 9.08. The van der Waals surface area contributed by atoms with Crippen LogP contribution in [0.2, 0.25) is 0 Å². The van der Waals surface area contributed by atoms with Crippen LogP contribution in [0.4, 0.5) is 0 Å². The maximum atomic E-state index is 12.2. The summed E-state index contributed by atoms with van der Waals surface area (Å²) in [5.74, 6) is 1.25. The molecular formula is C19H29N3O4. The number of rotatable bonds is 9. The van der Waals surface area contributed by atoms with Crippen LogP contribution in [-0.2, 0) is 9.59 Å². The van der Waals surface area contributed by atoms with Crippen molar-refractivity contribution >= 4 is 11.8 Å². The molecule has 7 nitrogen and oxygen atoms in total. The van der Waals surface area contributed by atoms with Gasteiger partial charge in [-0.2, -0.15) is 0 Å². The number of hydrogen-bond acceptors (Lipinski definition) is 5. The summed E-state index contributed by atoms with van der Waals surface area (Å²) < 4.78 is 10.8. The van der Waals surface area contributed by atoms with E-state index in [9.17, 15) is 9.59 Å². The number of ether oxygens (including phenoxy) is 2. The molecule has 26 heavy (non-hydrogen) atoms. The summed E-state index contributed by atoms with van der Waals surface area (Å²) in [6.45, 7) is 3.71. The van der Waals surface area contributed by atoms with Gasteiger partial charge in [-0.3, -0.25) is 14.5 Å². The van der Waals surface area contributed by atoms with Gasteiger partial charge in [0.25, 0.3) is 0 Å². The fourth-order valence-electron chi connectivity index (χ4n) is 3.21. The summed E-state index contributed by atoms with van der Waals surface area (Å²) in [5, 5.41) is 5.44. The number of carbonyl (C=O) groups is 2. The van der Waals surface area contributed by atoms with E-state index in [1.165, 1.54) is 0 Å². The van der Waals surface area contributed by atoms with Gasteiger partial charge in [-0.25, -0.2) is 0 Å². The molecule has 1 aromatic carbocycles. The lowest BCUT2D eigenvalue weighted by Gasteiger charge is -2.26. The number of likely N-dealkylation sites (tertiary alicyclic amines) is 1. The number of nitrogens with zero attached hydrogens (tertiary/aromatic N) is 1. The highest BCUT2D eigenvalue weighted by atomic mass is 16.5. The fraction of sp³-hybridized carbons (Fsp3) is 0.579. The molecule has 0 spiro atoms. The molecule has 1 fully saturated rings. The Labute approximate surface area is 155 Å². The van der Waals surface area contributed by atoms with E-state index >= 15 is 0 Å². The number of amides is 2. The van der Waals surface area contributed by atoms with Gasteiger partial charge >= 0.3 is 0 Å². The van der Waals surface area contributed by atoms with Gasteiger partial charge in [0, 0.05) is 18.2 Å². The second-order valence-electron chi connectivity index (χ2n) is 6.36. The molecule has 0 aromatic heterocycles. The summed E-state index contributed by atoms with van der Waals surface area (Å²) >= 11 is 0. The van der Waals surface area contributed by atoms with Crippen LogP contribution in [0.25, 0.3) is 0 Å². The van der Waals surface area contributed by atoms with Gasteiger partial charge < -0.3 is 20.1 Å². The van der Waals surface area contributed by atoms with Crippen molar-refractivity contribution in [3.63, 3.8) is 0 Å². The highest BCUT2D eigenvalue weighted by Gasteiger charge is 2.30. The number of nitrogens with one attached hydrogen (secondary N) is 2. The summed E-state index contributed by atoms with van der Waals surface area (Å²) in [6.07, 6.45) is 2.83. The monoisotopic (exact) mass is 363 g/mol. The molecule has 1 saturated heterocycles. The third-order valence-electron chi connectivity index (χ3n) is 4.52. The van der Waals surface area contributed by atoms with Gasteiger partial charge in [0.05, 0.1) is 27.3 Å². The summed E-state index contributed by atoms with van der Waals surface area (Å²) in [7, 11) is 3.28. The third kappa shape index (κ3) is 5.36. The van der Waals surface area contributed by atoms with E-state index in [1.54, 1.807) is 14.2 Å². The number of hydrogen-bond donors (Lipinski definition) is 2. The lowest BCUT2D eigenvalue weighted by atomic mass is 10.0. The van der Waals surface area contributed by atoms with Gasteiger partial charge in [0.2, 0.25) is 11.8 Å². The second kappa shape index (κ2) is 10.0. The highest BCUT2D eigenvalue weighted by molar-refractivity contribution is 5.85. The quantitative estimate of drug-likeness (QED) is 0.695. The molecule has 0 radical (unpaired) electrons. The lowest BCUT2D eigenvalue weighted by molar-refractivity contribution is -0.126. The van der Waals surface area contributed by atoms with Crippen molar-refractivity contribution in [2.45, 2.75) is 32.2 Å². The van der Waals surface area contributed by atoms with Crippen LogP contribution < -0.4 is 20.1 Å². The number of carbonyl (C=O) groups excluding carboxylic acids is 2. The third-order valence-corrected chi connectivity index (χ3v) is 4.52. The van der Waals surface area contributed by atoms with Crippen molar-refractivity contribution in [1.82, 2.24) is 15.5 Å². The van der Waals surface area contributed by atoms with Crippen LogP contribution >= 0.6 is 0 Å². The molecular weight excluding hydrogens is 334 g/mol. The van der Waals surface area contributed by atoms with Crippen LogP contribution in [0.1, 0.15) is 37.8 Å². The van der Waals surface area contributed by atoms with Crippen molar-refractivity contribution in [3.05, 3.63) is 23.8 Å². The van der Waals surface area contributed by atoms with E-state index in [-0.39, 0.29) is 30.9 Å². The first-order chi connectivity index (χ1) is 12.6. The summed E-state index contributed by atoms with van der Waals surface area (Å²) in [6, 6.07) is 5.82. The number of methoxy groups -OCH3 is 2. The van der Waals surface area contributed by atoms with Crippen molar-refractivity contribution < 1.29 is 19.1 Å². The topological polar surface area (TPSA) is 79.9 Å². The largest absolute Gasteiger partial charge is 0.497 e. The maximum Gasteiger partial charge on any atom is 0.239 e. The summed E-state index contributed by atoms with van der Waals surface area (Å²) in [5.41, 5.74) is 1.03. The molecule has 0 saturated carbocycles. The van der Waals surface area contributed by atoms with E-state index in [2.05, 4.69) is 15.5 Å². The van der Waals surface area contributed by atoms with E-state index in [0.717, 1.165) is 42.9 Å². The molecule has 2 rings (SSSR count). The molecule has 7 heteroatoms. The van der Waals surface area contributed by atoms with Crippen LogP contribution in [0.5, 0.6) is 11.5 Å². The minimum absolute atomic E-state index is 0.0137. The molecule has 1 atom stereocenters. The lowest BCUT2D eigenvalue weighted by Crippen LogP contribution is -2.42. The van der Waals surface area contributed by atoms with Crippen molar-refractivity contribution in [2.75, 3.05) is 40.4 Å². The van der Waals surface area contributed by atoms with Crippen molar-refractivity contribution in [3.8, 4) is 11.5 Å². The van der Waals surface area contributed by atoms with Gasteiger partial charge in [-0.15, -0.1) is 0 Å². The molecule has 1 heterocycles. The standard InChI is InChI=1S/C19H29N3O4/c1-4-9-20-18(23)12-21-19(24)13-22-10-5-6-16(22)15-11-14(25-2)7-8-17(15)26-3/h7-8,11,16H,4-6,9-10,12-13H2,1-3H3,(H,20,23)(H,21,24)/t16-/m1/s1. The minimum Gasteiger partial charge on any atom is -0.497 e. The Morgan fingerprint density at radius 3 is 2.69 bits per heavy atom. The molecule has 0 aliphatic carbocycles. The molecule has 1 aliphatic rings. The van der Waals surface area contributed by atoms with Crippen LogP contribution in [0, 0.1) is 0 Å². The Morgan fingerprint density at radius 1 is 1.19 bits per heavy atom. The molecule has 0 bridgehead atoms. The Kier molecular flexibility index (Phi) is 7.72.